The lowest BCUT2D eigenvalue weighted by atomic mass is 10.2. The quantitative estimate of drug-likeness (QED) is 0.701. The molecule has 0 saturated carbocycles. The van der Waals surface area contributed by atoms with E-state index in [1.54, 1.807) is 4.90 Å². The summed E-state index contributed by atoms with van der Waals surface area (Å²) in [7, 11) is -1.01. The highest BCUT2D eigenvalue weighted by molar-refractivity contribution is 7.83. The second-order valence-corrected chi connectivity index (χ2v) is 8.12. The fourth-order valence-electron chi connectivity index (χ4n) is 3.02. The number of benzene rings is 2. The molecule has 2 amide bonds. The van der Waals surface area contributed by atoms with Crippen LogP contribution in [0, 0.1) is 0 Å². The molecular formula is C21H24N2O4S. The van der Waals surface area contributed by atoms with E-state index in [-0.39, 0.29) is 12.0 Å². The van der Waals surface area contributed by atoms with Crippen LogP contribution in [-0.2, 0) is 31.8 Å². The number of hydrogen-bond acceptors (Lipinski definition) is 4. The van der Waals surface area contributed by atoms with Crippen LogP contribution in [0.1, 0.15) is 24.0 Å². The number of ether oxygens (including phenoxy) is 1. The van der Waals surface area contributed by atoms with Crippen LogP contribution in [0.4, 0.5) is 10.5 Å². The third kappa shape index (κ3) is 6.20. The van der Waals surface area contributed by atoms with Gasteiger partial charge in [-0.3, -0.25) is 9.00 Å². The van der Waals surface area contributed by atoms with Crippen molar-refractivity contribution >= 4 is 28.5 Å². The summed E-state index contributed by atoms with van der Waals surface area (Å²) >= 11 is 0. The Morgan fingerprint density at radius 2 is 1.82 bits per heavy atom. The van der Waals surface area contributed by atoms with Crippen LogP contribution in [0.2, 0.25) is 0 Å². The molecule has 7 heteroatoms. The van der Waals surface area contributed by atoms with Crippen molar-refractivity contribution in [2.24, 2.45) is 0 Å². The molecule has 0 radical (unpaired) electrons. The minimum Gasteiger partial charge on any atom is -0.448 e. The van der Waals surface area contributed by atoms with E-state index in [2.05, 4.69) is 5.32 Å². The largest absolute Gasteiger partial charge is 0.448 e. The molecule has 1 N–H and O–H groups in total. The Labute approximate surface area is 167 Å². The Hall–Kier alpha value is -2.67. The summed E-state index contributed by atoms with van der Waals surface area (Å²) in [6, 6.07) is 17.2. The van der Waals surface area contributed by atoms with Gasteiger partial charge >= 0.3 is 6.09 Å². The number of hydrogen-bond donors (Lipinski definition) is 1. The molecule has 1 heterocycles. The molecule has 1 atom stereocenters. The van der Waals surface area contributed by atoms with E-state index >= 15 is 0 Å². The molecular weight excluding hydrogens is 376 g/mol. The molecule has 1 aliphatic heterocycles. The monoisotopic (exact) mass is 400 g/mol. The van der Waals surface area contributed by atoms with Crippen molar-refractivity contribution < 1.29 is 18.5 Å². The zero-order chi connectivity index (χ0) is 19.8. The lowest BCUT2D eigenvalue weighted by Crippen LogP contribution is -2.26. The van der Waals surface area contributed by atoms with Gasteiger partial charge in [0.15, 0.2) is 0 Å². The van der Waals surface area contributed by atoms with E-state index < -0.39 is 10.8 Å². The number of anilines is 1. The summed E-state index contributed by atoms with van der Waals surface area (Å²) in [5, 5.41) is 2.87. The zero-order valence-electron chi connectivity index (χ0n) is 15.6. The number of carbonyl (C=O) groups is 2. The molecule has 28 heavy (non-hydrogen) atoms. The lowest BCUT2D eigenvalue weighted by molar-refractivity contribution is -0.116. The summed E-state index contributed by atoms with van der Waals surface area (Å²) in [5.74, 6) is 0.849. The Balaban J connectivity index is 1.45. The smallest absolute Gasteiger partial charge is 0.409 e. The first-order valence-corrected chi connectivity index (χ1v) is 10.8. The van der Waals surface area contributed by atoms with Crippen molar-refractivity contribution in [1.82, 2.24) is 4.90 Å². The molecule has 0 aliphatic carbocycles. The van der Waals surface area contributed by atoms with Crippen LogP contribution in [0.15, 0.2) is 54.6 Å². The second kappa shape index (κ2) is 10.0. The maximum absolute atomic E-state index is 12.4. The minimum absolute atomic E-state index is 0.102. The Bertz CT molecular complexity index is 841. The number of rotatable bonds is 9. The third-order valence-electron chi connectivity index (χ3n) is 4.39. The fourth-order valence-corrected chi connectivity index (χ4v) is 4.24. The maximum atomic E-state index is 12.4. The first-order valence-electron chi connectivity index (χ1n) is 9.29. The van der Waals surface area contributed by atoms with Crippen molar-refractivity contribution in [2.45, 2.75) is 24.3 Å². The maximum Gasteiger partial charge on any atom is 0.409 e. The van der Waals surface area contributed by atoms with Gasteiger partial charge in [0, 0.05) is 41.0 Å². The summed E-state index contributed by atoms with van der Waals surface area (Å²) in [6.45, 7) is 1.52. The van der Waals surface area contributed by atoms with Crippen LogP contribution in [-0.4, -0.2) is 40.8 Å². The van der Waals surface area contributed by atoms with Gasteiger partial charge in [-0.15, -0.1) is 0 Å². The van der Waals surface area contributed by atoms with Gasteiger partial charge in [-0.1, -0.05) is 42.5 Å². The van der Waals surface area contributed by atoms with E-state index in [1.807, 2.05) is 54.6 Å². The first kappa shape index (κ1) is 20.1. The molecule has 1 fully saturated rings. The van der Waals surface area contributed by atoms with Gasteiger partial charge in [0.25, 0.3) is 0 Å². The Kier molecular flexibility index (Phi) is 7.19. The highest BCUT2D eigenvalue weighted by Crippen LogP contribution is 2.15. The first-order chi connectivity index (χ1) is 13.6. The number of amides is 2. The molecule has 148 valence electrons. The molecule has 3 rings (SSSR count). The van der Waals surface area contributed by atoms with E-state index in [1.165, 1.54) is 0 Å². The molecule has 0 bridgehead atoms. The number of carbonyl (C=O) groups excluding carboxylic acids is 2. The third-order valence-corrected chi connectivity index (χ3v) is 5.70. The highest BCUT2D eigenvalue weighted by Gasteiger charge is 2.21. The molecule has 6 nitrogen and oxygen atoms in total. The van der Waals surface area contributed by atoms with Crippen molar-refractivity contribution in [3.05, 3.63) is 65.7 Å². The van der Waals surface area contributed by atoms with Gasteiger partial charge < -0.3 is 15.0 Å². The SMILES string of the molecule is O=C(CCCN1CCOC1=O)Nc1cccc(CS(=O)Cc2ccccc2)c1. The predicted octanol–water partition coefficient (Wildman–Crippen LogP) is 3.31. The zero-order valence-corrected chi connectivity index (χ0v) is 16.5. The van der Waals surface area contributed by atoms with Crippen molar-refractivity contribution in [3.8, 4) is 0 Å². The average Bonchev–Trinajstić information content (AvgIpc) is 3.07. The number of nitrogens with one attached hydrogen (secondary N) is 1. The molecule has 1 aliphatic rings. The van der Waals surface area contributed by atoms with Gasteiger partial charge in [-0.05, 0) is 29.7 Å². The molecule has 2 aromatic rings. The summed E-state index contributed by atoms with van der Waals surface area (Å²) in [6.07, 6.45) is 0.604. The molecule has 1 unspecified atom stereocenters. The van der Waals surface area contributed by atoms with Crippen LogP contribution in [0.25, 0.3) is 0 Å². The molecule has 1 saturated heterocycles. The van der Waals surface area contributed by atoms with E-state index in [4.69, 9.17) is 4.74 Å². The van der Waals surface area contributed by atoms with Crippen LogP contribution >= 0.6 is 0 Å². The number of nitrogens with zero attached hydrogens (tertiary/aromatic N) is 1. The van der Waals surface area contributed by atoms with Crippen molar-refractivity contribution in [3.63, 3.8) is 0 Å². The van der Waals surface area contributed by atoms with E-state index in [0.717, 1.165) is 11.1 Å². The molecule has 0 aromatic heterocycles. The standard InChI is InChI=1S/C21H24N2O4S/c24-20(10-5-11-23-12-13-27-21(23)25)22-19-9-4-8-18(14-19)16-28(26)15-17-6-2-1-3-7-17/h1-4,6-9,14H,5,10-13,15-16H2,(H,22,24). The van der Waals surface area contributed by atoms with Gasteiger partial charge in [-0.2, -0.15) is 0 Å². The molecule has 2 aromatic carbocycles. The van der Waals surface area contributed by atoms with Crippen molar-refractivity contribution in [1.29, 1.82) is 0 Å². The van der Waals surface area contributed by atoms with E-state index in [9.17, 15) is 13.8 Å². The predicted molar refractivity (Wildman–Crippen MR) is 109 cm³/mol. The van der Waals surface area contributed by atoms with Gasteiger partial charge in [-0.25, -0.2) is 4.79 Å². The second-order valence-electron chi connectivity index (χ2n) is 6.67. The van der Waals surface area contributed by atoms with Crippen molar-refractivity contribution in [2.75, 3.05) is 25.0 Å². The minimum atomic E-state index is -1.01. The van der Waals surface area contributed by atoms with Gasteiger partial charge in [0.05, 0.1) is 6.54 Å². The molecule has 0 spiro atoms. The van der Waals surface area contributed by atoms with Gasteiger partial charge in [0.1, 0.15) is 6.61 Å². The summed E-state index contributed by atoms with van der Waals surface area (Å²) in [5.41, 5.74) is 2.67. The summed E-state index contributed by atoms with van der Waals surface area (Å²) in [4.78, 5) is 25.1. The summed E-state index contributed by atoms with van der Waals surface area (Å²) < 4.78 is 17.3. The highest BCUT2D eigenvalue weighted by atomic mass is 32.2. The van der Waals surface area contributed by atoms with Gasteiger partial charge in [0.2, 0.25) is 5.91 Å². The van der Waals surface area contributed by atoms with Crippen LogP contribution in [0.3, 0.4) is 0 Å². The Morgan fingerprint density at radius 3 is 2.57 bits per heavy atom. The Morgan fingerprint density at radius 1 is 1.07 bits per heavy atom. The lowest BCUT2D eigenvalue weighted by Gasteiger charge is -2.12. The fraction of sp³-hybridized carbons (Fsp3) is 0.333. The van der Waals surface area contributed by atoms with Crippen LogP contribution < -0.4 is 5.32 Å². The number of cyclic esters (lactones) is 1. The average molecular weight is 401 g/mol. The topological polar surface area (TPSA) is 75.7 Å². The normalized spacial score (nSPS) is 14.6. The van der Waals surface area contributed by atoms with Crippen LogP contribution in [0.5, 0.6) is 0 Å². The van der Waals surface area contributed by atoms with E-state index in [0.29, 0.717) is 49.7 Å².